The van der Waals surface area contributed by atoms with Crippen molar-refractivity contribution in [3.05, 3.63) is 70.9 Å². The zero-order valence-corrected chi connectivity index (χ0v) is 18.1. The lowest BCUT2D eigenvalue weighted by atomic mass is 10.1. The van der Waals surface area contributed by atoms with Crippen molar-refractivity contribution in [1.82, 2.24) is 15.4 Å². The van der Waals surface area contributed by atoms with Crippen LogP contribution in [-0.4, -0.2) is 34.1 Å². The Bertz CT molecular complexity index is 947. The van der Waals surface area contributed by atoms with Gasteiger partial charge in [0, 0.05) is 36.1 Å². The predicted octanol–water partition coefficient (Wildman–Crippen LogP) is 4.76. The second-order valence-corrected chi connectivity index (χ2v) is 8.01. The topological polar surface area (TPSA) is 68.4 Å². The first-order chi connectivity index (χ1) is 14.6. The number of carbonyl (C=O) groups is 1. The number of aromatic nitrogens is 1. The van der Waals surface area contributed by atoms with E-state index >= 15 is 0 Å². The minimum Gasteiger partial charge on any atom is -0.358 e. The summed E-state index contributed by atoms with van der Waals surface area (Å²) < 4.78 is 0. The number of fused-ring (bicyclic) bond motifs is 1. The molecule has 5 heteroatoms. The zero-order valence-electron chi connectivity index (χ0n) is 18.1. The van der Waals surface area contributed by atoms with Crippen molar-refractivity contribution in [3.8, 4) is 0 Å². The van der Waals surface area contributed by atoms with Gasteiger partial charge in [0.05, 0.1) is 0 Å². The standard InChI is InChI=1S/C25H33N3O2/c1-3-4-16-28(17-15-22-19(2)26-24-8-6-5-7-23(22)24)18-21-11-9-20(10-12-21)13-14-25(29)27-30/h5-12,26,30H,3-4,13-18H2,1-2H3,(H,27,29). The fourth-order valence-electron chi connectivity index (χ4n) is 3.96. The van der Waals surface area contributed by atoms with Gasteiger partial charge in [-0.15, -0.1) is 0 Å². The van der Waals surface area contributed by atoms with Gasteiger partial charge in [-0.05, 0) is 55.5 Å². The van der Waals surface area contributed by atoms with Gasteiger partial charge in [0.2, 0.25) is 5.91 Å². The molecule has 3 N–H and O–H groups in total. The zero-order chi connectivity index (χ0) is 21.3. The molecule has 0 atom stereocenters. The Labute approximate surface area is 179 Å². The SMILES string of the molecule is CCCCN(CCc1c(C)[nH]c2ccccc12)Cc1ccc(CCC(=O)NO)cc1. The Morgan fingerprint density at radius 1 is 1.03 bits per heavy atom. The van der Waals surface area contributed by atoms with Crippen molar-refractivity contribution in [1.29, 1.82) is 0 Å². The maximum atomic E-state index is 11.2. The van der Waals surface area contributed by atoms with Gasteiger partial charge in [0.15, 0.2) is 0 Å². The molecule has 0 spiro atoms. The minimum atomic E-state index is -0.350. The third-order valence-corrected chi connectivity index (χ3v) is 5.73. The average Bonchev–Trinajstić information content (AvgIpc) is 3.09. The summed E-state index contributed by atoms with van der Waals surface area (Å²) in [5.41, 5.74) is 7.99. The van der Waals surface area contributed by atoms with E-state index < -0.39 is 0 Å². The van der Waals surface area contributed by atoms with Crippen molar-refractivity contribution >= 4 is 16.8 Å². The number of unbranched alkanes of at least 4 members (excludes halogenated alkanes) is 1. The fraction of sp³-hybridized carbons (Fsp3) is 0.400. The van der Waals surface area contributed by atoms with Gasteiger partial charge < -0.3 is 4.98 Å². The Kier molecular flexibility index (Phi) is 8.05. The van der Waals surface area contributed by atoms with E-state index in [1.807, 2.05) is 0 Å². The molecule has 0 aliphatic carbocycles. The molecule has 3 rings (SSSR count). The predicted molar refractivity (Wildman–Crippen MR) is 122 cm³/mol. The van der Waals surface area contributed by atoms with E-state index in [2.05, 4.69) is 72.3 Å². The first kappa shape index (κ1) is 22.1. The fourth-order valence-corrected chi connectivity index (χ4v) is 3.96. The lowest BCUT2D eigenvalue weighted by Crippen LogP contribution is -2.27. The molecule has 0 saturated heterocycles. The normalized spacial score (nSPS) is 11.3. The quantitative estimate of drug-likeness (QED) is 0.317. The van der Waals surface area contributed by atoms with Crippen molar-refractivity contribution in [3.63, 3.8) is 0 Å². The molecule has 0 aliphatic rings. The van der Waals surface area contributed by atoms with E-state index in [9.17, 15) is 4.79 Å². The molecule has 0 radical (unpaired) electrons. The van der Waals surface area contributed by atoms with Crippen LogP contribution in [0.5, 0.6) is 0 Å². The number of nitrogens with one attached hydrogen (secondary N) is 2. The molecule has 0 bridgehead atoms. The van der Waals surface area contributed by atoms with Crippen LogP contribution in [0.1, 0.15) is 48.6 Å². The summed E-state index contributed by atoms with van der Waals surface area (Å²) >= 11 is 0. The number of nitrogens with zero attached hydrogens (tertiary/aromatic N) is 1. The summed E-state index contributed by atoms with van der Waals surface area (Å²) in [6, 6.07) is 17.0. The molecule has 1 amide bonds. The van der Waals surface area contributed by atoms with E-state index in [0.29, 0.717) is 12.8 Å². The van der Waals surface area contributed by atoms with Crippen LogP contribution in [0.2, 0.25) is 0 Å². The molecular weight excluding hydrogens is 374 g/mol. The van der Waals surface area contributed by atoms with Crippen molar-refractivity contribution in [2.24, 2.45) is 0 Å². The third kappa shape index (κ3) is 5.94. The number of hydrogen-bond acceptors (Lipinski definition) is 3. The number of aryl methyl sites for hydroxylation is 2. The minimum absolute atomic E-state index is 0.294. The molecule has 1 aromatic heterocycles. The van der Waals surface area contributed by atoms with Crippen LogP contribution in [0, 0.1) is 6.92 Å². The van der Waals surface area contributed by atoms with Crippen LogP contribution in [-0.2, 0) is 24.2 Å². The number of carbonyl (C=O) groups excluding carboxylic acids is 1. The van der Waals surface area contributed by atoms with Crippen molar-refractivity contribution < 1.29 is 10.0 Å². The van der Waals surface area contributed by atoms with Gasteiger partial charge in [-0.25, -0.2) is 5.48 Å². The van der Waals surface area contributed by atoms with Crippen LogP contribution in [0.4, 0.5) is 0 Å². The molecule has 0 unspecified atom stereocenters. The highest BCUT2D eigenvalue weighted by Crippen LogP contribution is 2.23. The van der Waals surface area contributed by atoms with Gasteiger partial charge in [-0.1, -0.05) is 55.8 Å². The number of hydroxylamine groups is 1. The second-order valence-electron chi connectivity index (χ2n) is 8.01. The molecule has 2 aromatic carbocycles. The molecule has 160 valence electrons. The first-order valence-electron chi connectivity index (χ1n) is 10.9. The molecule has 0 saturated carbocycles. The van der Waals surface area contributed by atoms with Gasteiger partial charge >= 0.3 is 0 Å². The van der Waals surface area contributed by atoms with Gasteiger partial charge in [-0.2, -0.15) is 0 Å². The molecule has 0 fully saturated rings. The highest BCUT2D eigenvalue weighted by molar-refractivity contribution is 5.84. The van der Waals surface area contributed by atoms with E-state index in [4.69, 9.17) is 5.21 Å². The Morgan fingerprint density at radius 3 is 2.50 bits per heavy atom. The number of H-pyrrole nitrogens is 1. The summed E-state index contributed by atoms with van der Waals surface area (Å²) in [5.74, 6) is -0.350. The lowest BCUT2D eigenvalue weighted by molar-refractivity contribution is -0.129. The van der Waals surface area contributed by atoms with E-state index in [1.165, 1.54) is 40.6 Å². The Balaban J connectivity index is 1.62. The Hall–Kier alpha value is -2.63. The van der Waals surface area contributed by atoms with Crippen molar-refractivity contribution in [2.75, 3.05) is 13.1 Å². The van der Waals surface area contributed by atoms with Crippen LogP contribution >= 0.6 is 0 Å². The second kappa shape index (κ2) is 11.0. The summed E-state index contributed by atoms with van der Waals surface area (Å²) in [7, 11) is 0. The average molecular weight is 408 g/mol. The van der Waals surface area contributed by atoms with Crippen LogP contribution in [0.15, 0.2) is 48.5 Å². The number of benzene rings is 2. The maximum absolute atomic E-state index is 11.2. The third-order valence-electron chi connectivity index (χ3n) is 5.73. The number of hydrogen-bond donors (Lipinski definition) is 3. The molecule has 3 aromatic rings. The molecule has 0 aliphatic heterocycles. The molecule has 5 nitrogen and oxygen atoms in total. The van der Waals surface area contributed by atoms with Crippen LogP contribution in [0.3, 0.4) is 0 Å². The van der Waals surface area contributed by atoms with Gasteiger partial charge in [0.1, 0.15) is 0 Å². The smallest absolute Gasteiger partial charge is 0.243 e. The number of para-hydroxylation sites is 1. The van der Waals surface area contributed by atoms with E-state index in [0.717, 1.165) is 31.6 Å². The van der Waals surface area contributed by atoms with E-state index in [-0.39, 0.29) is 5.91 Å². The van der Waals surface area contributed by atoms with E-state index in [1.54, 1.807) is 5.48 Å². The summed E-state index contributed by atoms with van der Waals surface area (Å²) in [6.07, 6.45) is 4.35. The van der Waals surface area contributed by atoms with Crippen LogP contribution in [0.25, 0.3) is 10.9 Å². The maximum Gasteiger partial charge on any atom is 0.243 e. The van der Waals surface area contributed by atoms with Gasteiger partial charge in [0.25, 0.3) is 0 Å². The monoisotopic (exact) mass is 407 g/mol. The summed E-state index contributed by atoms with van der Waals surface area (Å²) in [4.78, 5) is 17.3. The number of rotatable bonds is 11. The van der Waals surface area contributed by atoms with Crippen LogP contribution < -0.4 is 5.48 Å². The summed E-state index contributed by atoms with van der Waals surface area (Å²) in [5, 5.41) is 9.95. The van der Waals surface area contributed by atoms with Crippen molar-refractivity contribution in [2.45, 2.75) is 52.5 Å². The molecular formula is C25H33N3O2. The first-order valence-corrected chi connectivity index (χ1v) is 10.9. The highest BCUT2D eigenvalue weighted by Gasteiger charge is 2.11. The molecule has 1 heterocycles. The Morgan fingerprint density at radius 2 is 1.77 bits per heavy atom. The van der Waals surface area contributed by atoms with Gasteiger partial charge in [-0.3, -0.25) is 14.9 Å². The highest BCUT2D eigenvalue weighted by atomic mass is 16.5. The summed E-state index contributed by atoms with van der Waals surface area (Å²) in [6.45, 7) is 7.46. The lowest BCUT2D eigenvalue weighted by Gasteiger charge is -2.22. The molecule has 30 heavy (non-hydrogen) atoms. The largest absolute Gasteiger partial charge is 0.358 e. The number of amides is 1. The number of aromatic amines is 1.